The number of amides is 1. The minimum Gasteiger partial charge on any atom is -0.348 e. The van der Waals surface area contributed by atoms with E-state index in [0.717, 1.165) is 37.1 Å². The van der Waals surface area contributed by atoms with E-state index in [1.807, 2.05) is 42.1 Å². The molecule has 1 fully saturated rings. The Morgan fingerprint density at radius 1 is 1.41 bits per heavy atom. The van der Waals surface area contributed by atoms with Crippen molar-refractivity contribution in [3.8, 4) is 5.69 Å². The molecule has 0 saturated carbocycles. The maximum atomic E-state index is 12.3. The van der Waals surface area contributed by atoms with Gasteiger partial charge in [0.05, 0.1) is 17.8 Å². The van der Waals surface area contributed by atoms with Crippen LogP contribution in [0.5, 0.6) is 0 Å². The molecule has 2 atom stereocenters. The van der Waals surface area contributed by atoms with Crippen LogP contribution in [0.15, 0.2) is 42.7 Å². The van der Waals surface area contributed by atoms with Crippen molar-refractivity contribution in [1.82, 2.24) is 20.4 Å². The molecule has 1 aliphatic heterocycles. The molecule has 1 aromatic heterocycles. The maximum absolute atomic E-state index is 12.3. The third kappa shape index (κ3) is 3.36. The first-order valence-electron chi connectivity index (χ1n) is 7.88. The Kier molecular flexibility index (Phi) is 4.53. The number of aromatic nitrogens is 2. The molecular formula is C17H22N4O. The van der Waals surface area contributed by atoms with E-state index >= 15 is 0 Å². The van der Waals surface area contributed by atoms with Crippen LogP contribution in [-0.2, 0) is 4.79 Å². The van der Waals surface area contributed by atoms with Crippen LogP contribution in [-0.4, -0.2) is 28.3 Å². The van der Waals surface area contributed by atoms with E-state index in [1.54, 1.807) is 6.20 Å². The number of piperidine rings is 1. The lowest BCUT2D eigenvalue weighted by Gasteiger charge is -2.24. The third-order valence-corrected chi connectivity index (χ3v) is 4.12. The Balaban J connectivity index is 1.68. The van der Waals surface area contributed by atoms with Crippen molar-refractivity contribution in [2.45, 2.75) is 38.3 Å². The monoisotopic (exact) mass is 298 g/mol. The van der Waals surface area contributed by atoms with Gasteiger partial charge in [-0.15, -0.1) is 0 Å². The molecule has 0 radical (unpaired) electrons. The zero-order valence-corrected chi connectivity index (χ0v) is 12.8. The topological polar surface area (TPSA) is 59.0 Å². The average Bonchev–Trinajstić information content (AvgIpc) is 3.10. The predicted molar refractivity (Wildman–Crippen MR) is 85.8 cm³/mol. The van der Waals surface area contributed by atoms with Crippen LogP contribution in [0.2, 0.25) is 0 Å². The Bertz CT molecular complexity index is 617. The number of hydrogen-bond acceptors (Lipinski definition) is 3. The molecule has 5 heteroatoms. The molecule has 3 rings (SSSR count). The number of benzene rings is 1. The molecule has 0 bridgehead atoms. The summed E-state index contributed by atoms with van der Waals surface area (Å²) in [6.07, 6.45) is 6.87. The highest BCUT2D eigenvalue weighted by atomic mass is 16.2. The first kappa shape index (κ1) is 14.8. The fourth-order valence-corrected chi connectivity index (χ4v) is 2.83. The highest BCUT2D eigenvalue weighted by Crippen LogP contribution is 2.17. The van der Waals surface area contributed by atoms with Gasteiger partial charge < -0.3 is 10.6 Å². The van der Waals surface area contributed by atoms with E-state index in [1.165, 1.54) is 0 Å². The smallest absolute Gasteiger partial charge is 0.237 e. The van der Waals surface area contributed by atoms with Crippen LogP contribution in [0.3, 0.4) is 0 Å². The predicted octanol–water partition coefficient (Wildman–Crippen LogP) is 2.19. The van der Waals surface area contributed by atoms with Gasteiger partial charge in [-0.2, -0.15) is 5.10 Å². The Morgan fingerprint density at radius 2 is 2.32 bits per heavy atom. The Hall–Kier alpha value is -2.14. The molecule has 2 aromatic rings. The van der Waals surface area contributed by atoms with Gasteiger partial charge in [-0.25, -0.2) is 4.68 Å². The molecule has 1 aliphatic rings. The SMILES string of the molecule is CC(NC(=O)C1CCCCN1)c1cccc(-n2cccn2)c1. The molecule has 0 spiro atoms. The van der Waals surface area contributed by atoms with Crippen LogP contribution in [0, 0.1) is 0 Å². The summed E-state index contributed by atoms with van der Waals surface area (Å²) in [7, 11) is 0. The lowest BCUT2D eigenvalue weighted by Crippen LogP contribution is -2.47. The number of carbonyl (C=O) groups excluding carboxylic acids is 1. The highest BCUT2D eigenvalue weighted by Gasteiger charge is 2.22. The van der Waals surface area contributed by atoms with Crippen LogP contribution < -0.4 is 10.6 Å². The standard InChI is InChI=1S/C17H22N4O/c1-13(20-17(22)16-8-2-3-9-18-16)14-6-4-7-15(12-14)21-11-5-10-19-21/h4-7,10-13,16,18H,2-3,8-9H2,1H3,(H,20,22). The molecule has 0 aliphatic carbocycles. The normalized spacial score (nSPS) is 19.6. The van der Waals surface area contributed by atoms with Gasteiger partial charge in [-0.3, -0.25) is 4.79 Å². The molecule has 1 aromatic carbocycles. The molecule has 2 unspecified atom stereocenters. The number of nitrogens with one attached hydrogen (secondary N) is 2. The van der Waals surface area contributed by atoms with Gasteiger partial charge in [0.2, 0.25) is 5.91 Å². The van der Waals surface area contributed by atoms with Gasteiger partial charge >= 0.3 is 0 Å². The van der Waals surface area contributed by atoms with Gasteiger partial charge in [0.1, 0.15) is 0 Å². The number of nitrogens with zero attached hydrogens (tertiary/aromatic N) is 2. The molecule has 116 valence electrons. The molecule has 1 saturated heterocycles. The summed E-state index contributed by atoms with van der Waals surface area (Å²) in [5, 5.41) is 10.6. The minimum atomic E-state index is -0.0505. The van der Waals surface area contributed by atoms with Crippen molar-refractivity contribution in [3.63, 3.8) is 0 Å². The van der Waals surface area contributed by atoms with Gasteiger partial charge in [-0.05, 0) is 50.1 Å². The number of carbonyl (C=O) groups is 1. The Labute approximate surface area is 130 Å². The number of hydrogen-bond donors (Lipinski definition) is 2. The summed E-state index contributed by atoms with van der Waals surface area (Å²) < 4.78 is 1.82. The molecule has 22 heavy (non-hydrogen) atoms. The van der Waals surface area contributed by atoms with Crippen molar-refractivity contribution in [2.24, 2.45) is 0 Å². The fraction of sp³-hybridized carbons (Fsp3) is 0.412. The van der Waals surface area contributed by atoms with Crippen LogP contribution in [0.4, 0.5) is 0 Å². The van der Waals surface area contributed by atoms with Gasteiger partial charge in [0.25, 0.3) is 0 Å². The fourth-order valence-electron chi connectivity index (χ4n) is 2.83. The lowest BCUT2D eigenvalue weighted by molar-refractivity contribution is -0.124. The summed E-state index contributed by atoms with van der Waals surface area (Å²) in [5.41, 5.74) is 2.08. The molecule has 2 heterocycles. The first-order valence-corrected chi connectivity index (χ1v) is 7.88. The van der Waals surface area contributed by atoms with Crippen molar-refractivity contribution >= 4 is 5.91 Å². The number of rotatable bonds is 4. The summed E-state index contributed by atoms with van der Waals surface area (Å²) >= 11 is 0. The summed E-state index contributed by atoms with van der Waals surface area (Å²) in [5.74, 6) is 0.0942. The largest absolute Gasteiger partial charge is 0.348 e. The Morgan fingerprint density at radius 3 is 3.05 bits per heavy atom. The van der Waals surface area contributed by atoms with Crippen molar-refractivity contribution in [1.29, 1.82) is 0 Å². The van der Waals surface area contributed by atoms with Crippen molar-refractivity contribution < 1.29 is 4.79 Å². The van der Waals surface area contributed by atoms with E-state index < -0.39 is 0 Å². The van der Waals surface area contributed by atoms with Gasteiger partial charge in [-0.1, -0.05) is 18.6 Å². The second-order valence-electron chi connectivity index (χ2n) is 5.78. The van der Waals surface area contributed by atoms with E-state index in [4.69, 9.17) is 0 Å². The van der Waals surface area contributed by atoms with E-state index in [9.17, 15) is 4.79 Å². The highest BCUT2D eigenvalue weighted by molar-refractivity contribution is 5.82. The van der Waals surface area contributed by atoms with E-state index in [2.05, 4.69) is 21.8 Å². The molecule has 1 amide bonds. The average molecular weight is 298 g/mol. The van der Waals surface area contributed by atoms with E-state index in [-0.39, 0.29) is 18.0 Å². The quantitative estimate of drug-likeness (QED) is 0.909. The van der Waals surface area contributed by atoms with Gasteiger partial charge in [0, 0.05) is 12.4 Å². The zero-order chi connectivity index (χ0) is 15.4. The molecular weight excluding hydrogens is 276 g/mol. The third-order valence-electron chi connectivity index (χ3n) is 4.12. The summed E-state index contributed by atoms with van der Waals surface area (Å²) in [6.45, 7) is 2.95. The second kappa shape index (κ2) is 6.75. The maximum Gasteiger partial charge on any atom is 0.237 e. The zero-order valence-electron chi connectivity index (χ0n) is 12.8. The van der Waals surface area contributed by atoms with Crippen molar-refractivity contribution in [2.75, 3.05) is 6.54 Å². The summed E-state index contributed by atoms with van der Waals surface area (Å²) in [6, 6.07) is 9.92. The molecule has 2 N–H and O–H groups in total. The van der Waals surface area contributed by atoms with Crippen LogP contribution >= 0.6 is 0 Å². The van der Waals surface area contributed by atoms with Crippen LogP contribution in [0.25, 0.3) is 5.69 Å². The van der Waals surface area contributed by atoms with Crippen LogP contribution in [0.1, 0.15) is 37.8 Å². The molecule has 5 nitrogen and oxygen atoms in total. The van der Waals surface area contributed by atoms with Gasteiger partial charge in [0.15, 0.2) is 0 Å². The second-order valence-corrected chi connectivity index (χ2v) is 5.78. The first-order chi connectivity index (χ1) is 10.7. The lowest BCUT2D eigenvalue weighted by atomic mass is 10.0. The minimum absolute atomic E-state index is 0.0215. The van der Waals surface area contributed by atoms with E-state index in [0.29, 0.717) is 0 Å². The van der Waals surface area contributed by atoms with Crippen molar-refractivity contribution in [3.05, 3.63) is 48.3 Å². The summed E-state index contributed by atoms with van der Waals surface area (Å²) in [4.78, 5) is 12.3.